The van der Waals surface area contributed by atoms with Gasteiger partial charge in [0.1, 0.15) is 12.2 Å². The van der Waals surface area contributed by atoms with Gasteiger partial charge < -0.3 is 10.3 Å². The Labute approximate surface area is 127 Å². The van der Waals surface area contributed by atoms with Crippen LogP contribution in [0.3, 0.4) is 0 Å². The van der Waals surface area contributed by atoms with Crippen molar-refractivity contribution in [1.82, 2.24) is 19.7 Å². The van der Waals surface area contributed by atoms with Gasteiger partial charge in [-0.15, -0.1) is 10.2 Å². The molecule has 2 N–H and O–H groups in total. The summed E-state index contributed by atoms with van der Waals surface area (Å²) in [5, 5.41) is 8.31. The number of nitrogens with zero attached hydrogens (tertiary/aromatic N) is 4. The maximum absolute atomic E-state index is 6.32. The minimum atomic E-state index is 0.0997. The van der Waals surface area contributed by atoms with E-state index in [1.54, 1.807) is 0 Å². The van der Waals surface area contributed by atoms with Gasteiger partial charge in [0.15, 0.2) is 0 Å². The van der Waals surface area contributed by atoms with E-state index in [-0.39, 0.29) is 5.54 Å². The van der Waals surface area contributed by atoms with E-state index < -0.39 is 0 Å². The van der Waals surface area contributed by atoms with E-state index in [1.807, 2.05) is 6.33 Å². The van der Waals surface area contributed by atoms with Crippen molar-refractivity contribution in [3.8, 4) is 0 Å². The average Bonchev–Trinajstić information content (AvgIpc) is 2.81. The summed E-state index contributed by atoms with van der Waals surface area (Å²) in [5.74, 6) is 1.08. The molecule has 1 aromatic heterocycles. The van der Waals surface area contributed by atoms with Gasteiger partial charge >= 0.3 is 0 Å². The van der Waals surface area contributed by atoms with Crippen LogP contribution in [0.15, 0.2) is 6.33 Å². The summed E-state index contributed by atoms with van der Waals surface area (Å²) in [5.41, 5.74) is 7.10. The number of nitrogens with two attached hydrogens (primary N) is 1. The van der Waals surface area contributed by atoms with E-state index in [1.165, 1.54) is 19.3 Å². The summed E-state index contributed by atoms with van der Waals surface area (Å²) in [4.78, 5) is 2.58. The Hall–Kier alpha value is -0.940. The molecule has 1 aliphatic carbocycles. The zero-order valence-electron chi connectivity index (χ0n) is 13.9. The number of hydrogen-bond donors (Lipinski definition) is 1. The molecule has 1 aromatic rings. The lowest BCUT2D eigenvalue weighted by Crippen LogP contribution is -2.62. The molecular weight excluding hydrogens is 262 g/mol. The molecule has 0 aromatic carbocycles. The molecule has 118 valence electrons. The zero-order chi connectivity index (χ0) is 15.3. The SMILES string of the molecule is CC1(C)CC(C)(C)CC(CN)(N2CCn3cnnc3C2)C1. The van der Waals surface area contributed by atoms with Gasteiger partial charge in [-0.25, -0.2) is 0 Å². The highest BCUT2D eigenvalue weighted by molar-refractivity contribution is 5.06. The van der Waals surface area contributed by atoms with E-state index in [9.17, 15) is 0 Å². The summed E-state index contributed by atoms with van der Waals surface area (Å²) < 4.78 is 2.17. The minimum Gasteiger partial charge on any atom is -0.329 e. The smallest absolute Gasteiger partial charge is 0.147 e. The number of rotatable bonds is 2. The van der Waals surface area contributed by atoms with E-state index in [2.05, 4.69) is 47.4 Å². The van der Waals surface area contributed by atoms with Crippen LogP contribution in [0.4, 0.5) is 0 Å². The van der Waals surface area contributed by atoms with Gasteiger partial charge in [-0.1, -0.05) is 27.7 Å². The first-order valence-corrected chi connectivity index (χ1v) is 8.07. The standard InChI is InChI=1S/C16H29N5/c1-14(2)8-15(3,4)10-16(9-14,11-17)21-6-5-20-12-18-19-13(20)7-21/h12H,5-11,17H2,1-4H3. The molecule has 2 aliphatic rings. The number of fused-ring (bicyclic) bond motifs is 1. The lowest BCUT2D eigenvalue weighted by Gasteiger charge is -2.56. The highest BCUT2D eigenvalue weighted by Crippen LogP contribution is 2.52. The first kappa shape index (κ1) is 15.0. The Morgan fingerprint density at radius 1 is 1.10 bits per heavy atom. The Morgan fingerprint density at radius 2 is 1.76 bits per heavy atom. The molecule has 1 fully saturated rings. The van der Waals surface area contributed by atoms with Gasteiger partial charge in [-0.2, -0.15) is 0 Å². The summed E-state index contributed by atoms with van der Waals surface area (Å²) in [7, 11) is 0. The first-order chi connectivity index (χ1) is 9.75. The first-order valence-electron chi connectivity index (χ1n) is 8.07. The molecule has 0 saturated heterocycles. The van der Waals surface area contributed by atoms with Gasteiger partial charge in [0.25, 0.3) is 0 Å². The molecule has 0 unspecified atom stereocenters. The van der Waals surface area contributed by atoms with Gasteiger partial charge in [-0.05, 0) is 30.1 Å². The lowest BCUT2D eigenvalue weighted by atomic mass is 9.58. The molecule has 5 nitrogen and oxygen atoms in total. The minimum absolute atomic E-state index is 0.0997. The Bertz CT molecular complexity index is 500. The topological polar surface area (TPSA) is 60.0 Å². The van der Waals surface area contributed by atoms with Crippen molar-refractivity contribution in [3.05, 3.63) is 12.2 Å². The van der Waals surface area contributed by atoms with E-state index >= 15 is 0 Å². The van der Waals surface area contributed by atoms with Crippen LogP contribution in [-0.4, -0.2) is 38.3 Å². The third-order valence-electron chi connectivity index (χ3n) is 5.26. The van der Waals surface area contributed by atoms with Crippen molar-refractivity contribution in [2.45, 2.75) is 65.6 Å². The molecule has 1 saturated carbocycles. The fourth-order valence-corrected chi connectivity index (χ4v) is 5.23. The van der Waals surface area contributed by atoms with Gasteiger partial charge in [0.05, 0.1) is 6.54 Å². The molecule has 2 heterocycles. The molecule has 0 bridgehead atoms. The van der Waals surface area contributed by atoms with Crippen LogP contribution in [0.1, 0.15) is 52.8 Å². The second-order valence-corrected chi connectivity index (χ2v) is 8.65. The molecule has 21 heavy (non-hydrogen) atoms. The normalized spacial score (nSPS) is 27.3. The summed E-state index contributed by atoms with van der Waals surface area (Å²) in [6, 6.07) is 0. The second-order valence-electron chi connectivity index (χ2n) is 8.65. The van der Waals surface area contributed by atoms with Crippen LogP contribution in [0.25, 0.3) is 0 Å². The molecule has 0 radical (unpaired) electrons. The summed E-state index contributed by atoms with van der Waals surface area (Å²) in [6.07, 6.45) is 5.46. The fraction of sp³-hybridized carbons (Fsp3) is 0.875. The Kier molecular flexibility index (Phi) is 3.41. The second kappa shape index (κ2) is 4.78. The van der Waals surface area contributed by atoms with Crippen molar-refractivity contribution >= 4 is 0 Å². The average molecular weight is 291 g/mol. The maximum atomic E-state index is 6.32. The highest BCUT2D eigenvalue weighted by Gasteiger charge is 2.50. The monoisotopic (exact) mass is 291 g/mol. The van der Waals surface area contributed by atoms with Crippen LogP contribution in [0.2, 0.25) is 0 Å². The Morgan fingerprint density at radius 3 is 2.38 bits per heavy atom. The lowest BCUT2D eigenvalue weighted by molar-refractivity contribution is -0.0556. The van der Waals surface area contributed by atoms with E-state index in [0.29, 0.717) is 10.8 Å². The summed E-state index contributed by atoms with van der Waals surface area (Å²) >= 11 is 0. The largest absolute Gasteiger partial charge is 0.329 e. The van der Waals surface area contributed by atoms with Crippen molar-refractivity contribution in [3.63, 3.8) is 0 Å². The van der Waals surface area contributed by atoms with E-state index in [0.717, 1.165) is 32.0 Å². The van der Waals surface area contributed by atoms with Gasteiger partial charge in [-0.3, -0.25) is 4.90 Å². The zero-order valence-corrected chi connectivity index (χ0v) is 13.9. The van der Waals surface area contributed by atoms with Crippen LogP contribution in [-0.2, 0) is 13.1 Å². The molecule has 1 aliphatic heterocycles. The molecule has 0 atom stereocenters. The third-order valence-corrected chi connectivity index (χ3v) is 5.26. The van der Waals surface area contributed by atoms with Crippen LogP contribution >= 0.6 is 0 Å². The molecule has 3 rings (SSSR count). The molecule has 0 amide bonds. The quantitative estimate of drug-likeness (QED) is 0.905. The summed E-state index contributed by atoms with van der Waals surface area (Å²) in [6.45, 7) is 13.2. The van der Waals surface area contributed by atoms with Crippen molar-refractivity contribution in [2.75, 3.05) is 13.1 Å². The predicted octanol–water partition coefficient (Wildman–Crippen LogP) is 2.03. The van der Waals surface area contributed by atoms with Gasteiger partial charge in [0, 0.05) is 25.2 Å². The maximum Gasteiger partial charge on any atom is 0.147 e. The predicted molar refractivity (Wildman–Crippen MR) is 83.6 cm³/mol. The molecule has 5 heteroatoms. The number of aromatic nitrogens is 3. The van der Waals surface area contributed by atoms with Crippen LogP contribution in [0.5, 0.6) is 0 Å². The van der Waals surface area contributed by atoms with Crippen molar-refractivity contribution < 1.29 is 0 Å². The van der Waals surface area contributed by atoms with Crippen molar-refractivity contribution in [1.29, 1.82) is 0 Å². The van der Waals surface area contributed by atoms with E-state index in [4.69, 9.17) is 5.73 Å². The Balaban J connectivity index is 1.90. The number of hydrogen-bond acceptors (Lipinski definition) is 4. The highest BCUT2D eigenvalue weighted by atomic mass is 15.3. The van der Waals surface area contributed by atoms with Gasteiger partial charge in [0.2, 0.25) is 0 Å². The van der Waals surface area contributed by atoms with Crippen molar-refractivity contribution in [2.24, 2.45) is 16.6 Å². The van der Waals surface area contributed by atoms with Crippen LogP contribution in [0, 0.1) is 10.8 Å². The third kappa shape index (κ3) is 2.73. The molecule has 0 spiro atoms. The molecular formula is C16H29N5. The van der Waals surface area contributed by atoms with Crippen LogP contribution < -0.4 is 5.73 Å². The fourth-order valence-electron chi connectivity index (χ4n) is 5.23.